The zero-order valence-corrected chi connectivity index (χ0v) is 20.0. The minimum absolute atomic E-state index is 0.409. The number of hydrogen-bond donors (Lipinski definition) is 3. The average Bonchev–Trinajstić information content (AvgIpc) is 3.18. The number of amides is 1. The Balaban J connectivity index is 1.32. The smallest absolute Gasteiger partial charge is 0.254 e. The predicted octanol–water partition coefficient (Wildman–Crippen LogP) is 5.21. The van der Waals surface area contributed by atoms with Gasteiger partial charge in [0.25, 0.3) is 5.91 Å². The van der Waals surface area contributed by atoms with E-state index in [1.165, 1.54) is 11.1 Å². The second-order valence-corrected chi connectivity index (χ2v) is 9.41. The van der Waals surface area contributed by atoms with E-state index in [-0.39, 0.29) is 0 Å². The van der Waals surface area contributed by atoms with Crippen molar-refractivity contribution >= 4 is 17.4 Å². The van der Waals surface area contributed by atoms with Gasteiger partial charge in [-0.2, -0.15) is 5.10 Å². The van der Waals surface area contributed by atoms with E-state index in [2.05, 4.69) is 28.8 Å². The van der Waals surface area contributed by atoms with Gasteiger partial charge in [0.05, 0.1) is 0 Å². The number of hydrogen-bond acceptors (Lipinski definition) is 5. The number of nitrogens with two attached hydrogens (primary N) is 1. The minimum atomic E-state index is -0.499. The van der Waals surface area contributed by atoms with Crippen LogP contribution in [0.25, 0.3) is 11.3 Å². The summed E-state index contributed by atoms with van der Waals surface area (Å²) in [5, 5.41) is 11.8. The number of nitrogens with zero attached hydrogens (tertiary/aromatic N) is 2. The highest BCUT2D eigenvalue weighted by atomic mass is 16.5. The van der Waals surface area contributed by atoms with Crippen molar-refractivity contribution in [2.24, 2.45) is 5.73 Å². The molecule has 7 nitrogen and oxygen atoms in total. The highest BCUT2D eigenvalue weighted by Crippen LogP contribution is 2.37. The van der Waals surface area contributed by atoms with Gasteiger partial charge in [0.1, 0.15) is 28.6 Å². The van der Waals surface area contributed by atoms with E-state index in [4.69, 9.17) is 15.6 Å². The third-order valence-electron chi connectivity index (χ3n) is 7.10. The summed E-state index contributed by atoms with van der Waals surface area (Å²) in [4.78, 5) is 12.7. The lowest BCUT2D eigenvalue weighted by atomic mass is 9.89. The molecule has 36 heavy (non-hydrogen) atoms. The average molecular weight is 480 g/mol. The molecule has 1 aromatic heterocycles. The molecule has 1 saturated heterocycles. The zero-order valence-electron chi connectivity index (χ0n) is 20.0. The van der Waals surface area contributed by atoms with Crippen LogP contribution in [0.5, 0.6) is 11.5 Å². The Morgan fingerprint density at radius 2 is 1.72 bits per heavy atom. The molecule has 0 spiro atoms. The Morgan fingerprint density at radius 3 is 2.47 bits per heavy atom. The maximum absolute atomic E-state index is 12.7. The molecule has 2 aliphatic heterocycles. The first-order valence-corrected chi connectivity index (χ1v) is 12.5. The number of benzene rings is 3. The summed E-state index contributed by atoms with van der Waals surface area (Å²) in [5.41, 5.74) is 11.3. The maximum Gasteiger partial charge on any atom is 0.254 e. The molecule has 4 N–H and O–H groups in total. The van der Waals surface area contributed by atoms with Gasteiger partial charge in [0.15, 0.2) is 0 Å². The van der Waals surface area contributed by atoms with Crippen LogP contribution in [0.2, 0.25) is 0 Å². The van der Waals surface area contributed by atoms with Crippen LogP contribution >= 0.6 is 0 Å². The second kappa shape index (κ2) is 9.51. The lowest BCUT2D eigenvalue weighted by Crippen LogP contribution is -2.26. The van der Waals surface area contributed by atoms with Crippen molar-refractivity contribution in [1.82, 2.24) is 15.1 Å². The maximum atomic E-state index is 12.7. The number of fused-ring (bicyclic) bond motifs is 2. The number of piperidine rings is 1. The third kappa shape index (κ3) is 4.33. The topological polar surface area (TPSA) is 94.2 Å². The number of aromatic nitrogens is 2. The first-order chi connectivity index (χ1) is 17.7. The van der Waals surface area contributed by atoms with Crippen molar-refractivity contribution in [2.75, 3.05) is 18.4 Å². The highest BCUT2D eigenvalue weighted by Gasteiger charge is 2.26. The lowest BCUT2D eigenvalue weighted by molar-refractivity contribution is 0.100. The fourth-order valence-corrected chi connectivity index (χ4v) is 5.18. The molecule has 0 saturated carbocycles. The van der Waals surface area contributed by atoms with Crippen LogP contribution in [0.3, 0.4) is 0 Å². The molecule has 1 amide bonds. The predicted molar refractivity (Wildman–Crippen MR) is 141 cm³/mol. The molecule has 182 valence electrons. The first-order valence-electron chi connectivity index (χ1n) is 12.5. The van der Waals surface area contributed by atoms with Crippen molar-refractivity contribution in [1.29, 1.82) is 0 Å². The van der Waals surface area contributed by atoms with Crippen LogP contribution in [-0.2, 0) is 13.0 Å². The van der Waals surface area contributed by atoms with Gasteiger partial charge in [-0.1, -0.05) is 30.3 Å². The van der Waals surface area contributed by atoms with E-state index in [9.17, 15) is 4.79 Å². The molecule has 3 aromatic carbocycles. The number of primary amides is 1. The molecule has 4 aromatic rings. The first kappa shape index (κ1) is 22.4. The lowest BCUT2D eigenvalue weighted by Gasteiger charge is -2.24. The van der Waals surface area contributed by atoms with E-state index < -0.39 is 5.91 Å². The quantitative estimate of drug-likeness (QED) is 0.365. The number of carbonyl (C=O) groups excluding carboxylic acids is 1. The Hall–Kier alpha value is -4.10. The summed E-state index contributed by atoms with van der Waals surface area (Å²) >= 11 is 0. The van der Waals surface area contributed by atoms with Crippen molar-refractivity contribution in [2.45, 2.75) is 31.7 Å². The third-order valence-corrected chi connectivity index (χ3v) is 7.10. The summed E-state index contributed by atoms with van der Waals surface area (Å²) < 4.78 is 7.78. The molecule has 3 heterocycles. The van der Waals surface area contributed by atoms with Gasteiger partial charge < -0.3 is 21.1 Å². The molecule has 0 bridgehead atoms. The Morgan fingerprint density at radius 1 is 0.972 bits per heavy atom. The van der Waals surface area contributed by atoms with E-state index in [1.807, 2.05) is 59.3 Å². The van der Waals surface area contributed by atoms with Gasteiger partial charge >= 0.3 is 0 Å². The van der Waals surface area contributed by atoms with Gasteiger partial charge in [0.2, 0.25) is 0 Å². The standard InChI is InChI=1S/C29H29N5O2/c30-28(35)26-27(21-8-10-24(11-9-21)36-23-4-2-1-3-5-23)33-34-17-14-20-6-7-22(18-25(20)32-29(26)34)19-12-15-31-16-13-19/h1-11,18-19,31-32H,12-17H2,(H2,30,35). The van der Waals surface area contributed by atoms with Crippen LogP contribution in [0.4, 0.5) is 11.5 Å². The van der Waals surface area contributed by atoms with E-state index in [0.29, 0.717) is 35.3 Å². The van der Waals surface area contributed by atoms with Crippen molar-refractivity contribution in [3.05, 3.63) is 89.5 Å². The molecule has 0 unspecified atom stereocenters. The summed E-state index contributed by atoms with van der Waals surface area (Å²) in [7, 11) is 0. The fourth-order valence-electron chi connectivity index (χ4n) is 5.18. The summed E-state index contributed by atoms with van der Waals surface area (Å²) in [6.07, 6.45) is 3.10. The Kier molecular flexibility index (Phi) is 5.91. The van der Waals surface area contributed by atoms with Crippen molar-refractivity contribution in [3.8, 4) is 22.8 Å². The summed E-state index contributed by atoms with van der Waals surface area (Å²) in [5.74, 6) is 2.19. The van der Waals surface area contributed by atoms with Gasteiger partial charge in [0, 0.05) is 17.8 Å². The van der Waals surface area contributed by atoms with Gasteiger partial charge in [-0.25, -0.2) is 4.68 Å². The molecule has 7 heteroatoms. The monoisotopic (exact) mass is 479 g/mol. The number of rotatable bonds is 5. The SMILES string of the molecule is NC(=O)c1c(-c2ccc(Oc3ccccc3)cc2)nn2c1Nc1cc(C3CCNCC3)ccc1CC2. The van der Waals surface area contributed by atoms with Gasteiger partial charge in [-0.15, -0.1) is 0 Å². The summed E-state index contributed by atoms with van der Waals surface area (Å²) in [6.45, 7) is 2.76. The van der Waals surface area contributed by atoms with Crippen molar-refractivity contribution < 1.29 is 9.53 Å². The molecular formula is C29H29N5O2. The van der Waals surface area contributed by atoms with E-state index in [0.717, 1.165) is 49.4 Å². The van der Waals surface area contributed by atoms with Crippen LogP contribution in [0, 0.1) is 0 Å². The minimum Gasteiger partial charge on any atom is -0.457 e. The van der Waals surface area contributed by atoms with Gasteiger partial charge in [-0.05, 0) is 91.9 Å². The van der Waals surface area contributed by atoms with Crippen LogP contribution in [-0.4, -0.2) is 28.8 Å². The number of aryl methyl sites for hydroxylation is 2. The molecule has 1 fully saturated rings. The number of ether oxygens (including phenoxy) is 1. The van der Waals surface area contributed by atoms with Crippen LogP contribution in [0.15, 0.2) is 72.8 Å². The Labute approximate surface area is 210 Å². The number of carbonyl (C=O) groups is 1. The summed E-state index contributed by atoms with van der Waals surface area (Å²) in [6, 6.07) is 23.9. The molecule has 0 aliphatic carbocycles. The molecular weight excluding hydrogens is 450 g/mol. The van der Waals surface area contributed by atoms with Crippen LogP contribution in [0.1, 0.15) is 40.2 Å². The molecule has 2 aliphatic rings. The number of para-hydroxylation sites is 1. The molecule has 0 atom stereocenters. The fraction of sp³-hybridized carbons (Fsp3) is 0.241. The molecule has 6 rings (SSSR count). The number of nitrogens with one attached hydrogen (secondary N) is 2. The second-order valence-electron chi connectivity index (χ2n) is 9.41. The molecule has 0 radical (unpaired) electrons. The van der Waals surface area contributed by atoms with Gasteiger partial charge in [-0.3, -0.25) is 4.79 Å². The Bertz CT molecular complexity index is 1390. The van der Waals surface area contributed by atoms with Crippen LogP contribution < -0.4 is 21.1 Å². The largest absolute Gasteiger partial charge is 0.457 e. The number of anilines is 2. The normalized spacial score (nSPS) is 15.3. The van der Waals surface area contributed by atoms with E-state index in [1.54, 1.807) is 0 Å². The highest BCUT2D eigenvalue weighted by molar-refractivity contribution is 6.04. The zero-order chi connectivity index (χ0) is 24.5. The van der Waals surface area contributed by atoms with E-state index >= 15 is 0 Å². The van der Waals surface area contributed by atoms with Crippen molar-refractivity contribution in [3.63, 3.8) is 0 Å².